The number of thiazole rings is 1. The number of aromatic nitrogens is 3. The van der Waals surface area contributed by atoms with Gasteiger partial charge in [-0.15, -0.1) is 11.3 Å². The number of hydrogen-bond donors (Lipinski definition) is 1. The third kappa shape index (κ3) is 5.24. The summed E-state index contributed by atoms with van der Waals surface area (Å²) in [5.41, 5.74) is 2.38. The molecule has 1 aromatic carbocycles. The van der Waals surface area contributed by atoms with E-state index < -0.39 is 0 Å². The summed E-state index contributed by atoms with van der Waals surface area (Å²) in [6, 6.07) is 8.66. The Morgan fingerprint density at radius 3 is 2.67 bits per heavy atom. The molecule has 2 aromatic heterocycles. The molecule has 0 saturated heterocycles. The second-order valence-corrected chi connectivity index (χ2v) is 7.92. The molecule has 158 valence electrons. The van der Waals surface area contributed by atoms with Crippen LogP contribution in [0.25, 0.3) is 10.6 Å². The first kappa shape index (κ1) is 21.5. The predicted octanol–water partition coefficient (Wildman–Crippen LogP) is 2.50. The van der Waals surface area contributed by atoms with Gasteiger partial charge in [-0.2, -0.15) is 5.10 Å². The second-order valence-electron chi connectivity index (χ2n) is 6.72. The van der Waals surface area contributed by atoms with Gasteiger partial charge in [-0.25, -0.2) is 9.67 Å². The molecule has 30 heavy (non-hydrogen) atoms. The molecular weight excluding hydrogens is 404 g/mol. The zero-order chi connectivity index (χ0) is 21.7. The number of nitrogens with one attached hydrogen (secondary N) is 1. The number of hydrogen-bond acceptors (Lipinski definition) is 7. The molecule has 0 radical (unpaired) electrons. The normalized spacial score (nSPS) is 10.7. The Labute approximate surface area is 178 Å². The fourth-order valence-electron chi connectivity index (χ4n) is 2.89. The average Bonchev–Trinajstić information content (AvgIpc) is 3.06. The summed E-state index contributed by atoms with van der Waals surface area (Å²) in [6.45, 7) is 6.15. The summed E-state index contributed by atoms with van der Waals surface area (Å²) in [5.74, 6) is 0.777. The maximum absolute atomic E-state index is 12.1. The highest BCUT2D eigenvalue weighted by atomic mass is 32.1. The van der Waals surface area contributed by atoms with Crippen molar-refractivity contribution in [3.63, 3.8) is 0 Å². The summed E-state index contributed by atoms with van der Waals surface area (Å²) in [4.78, 5) is 29.6. The number of rotatable bonds is 8. The van der Waals surface area contributed by atoms with Gasteiger partial charge >= 0.3 is 0 Å². The van der Waals surface area contributed by atoms with Gasteiger partial charge in [0, 0.05) is 12.6 Å². The minimum Gasteiger partial charge on any atom is -0.493 e. The van der Waals surface area contributed by atoms with Crippen LogP contribution in [-0.2, 0) is 11.3 Å². The van der Waals surface area contributed by atoms with Crippen molar-refractivity contribution in [3.05, 3.63) is 57.0 Å². The average molecular weight is 429 g/mol. The van der Waals surface area contributed by atoms with Crippen molar-refractivity contribution >= 4 is 17.2 Å². The Bertz CT molecular complexity index is 1110. The summed E-state index contributed by atoms with van der Waals surface area (Å²) < 4.78 is 12.1. The van der Waals surface area contributed by atoms with Gasteiger partial charge in [0.1, 0.15) is 5.69 Å². The van der Waals surface area contributed by atoms with Crippen molar-refractivity contribution in [3.8, 4) is 22.1 Å². The van der Waals surface area contributed by atoms with E-state index in [0.717, 1.165) is 21.1 Å². The molecule has 0 aliphatic rings. The first-order valence-corrected chi connectivity index (χ1v) is 10.3. The van der Waals surface area contributed by atoms with Crippen molar-refractivity contribution in [2.75, 3.05) is 20.3 Å². The van der Waals surface area contributed by atoms with E-state index in [1.165, 1.54) is 22.1 Å². The van der Waals surface area contributed by atoms with Crippen molar-refractivity contribution in [1.82, 2.24) is 20.1 Å². The Kier molecular flexibility index (Phi) is 6.83. The zero-order valence-electron chi connectivity index (χ0n) is 17.4. The monoisotopic (exact) mass is 428 g/mol. The van der Waals surface area contributed by atoms with Gasteiger partial charge in [-0.1, -0.05) is 6.07 Å². The molecule has 0 unspecified atom stereocenters. The van der Waals surface area contributed by atoms with E-state index in [4.69, 9.17) is 9.47 Å². The number of methoxy groups -OCH3 is 1. The molecule has 0 atom stereocenters. The summed E-state index contributed by atoms with van der Waals surface area (Å²) in [7, 11) is 1.55. The van der Waals surface area contributed by atoms with Crippen molar-refractivity contribution in [2.24, 2.45) is 0 Å². The van der Waals surface area contributed by atoms with E-state index in [9.17, 15) is 9.59 Å². The molecule has 0 saturated carbocycles. The van der Waals surface area contributed by atoms with Crippen LogP contribution in [0.3, 0.4) is 0 Å². The number of benzene rings is 1. The molecule has 0 bridgehead atoms. The highest BCUT2D eigenvalue weighted by molar-refractivity contribution is 7.15. The van der Waals surface area contributed by atoms with E-state index in [1.807, 2.05) is 32.9 Å². The van der Waals surface area contributed by atoms with Gasteiger partial charge in [0.25, 0.3) is 11.5 Å². The molecule has 3 rings (SSSR count). The van der Waals surface area contributed by atoms with Gasteiger partial charge in [0.15, 0.2) is 18.1 Å². The lowest BCUT2D eigenvalue weighted by atomic mass is 10.2. The number of ether oxygens (including phenoxy) is 2. The molecule has 3 aromatic rings. The topological polar surface area (TPSA) is 95.3 Å². The molecule has 9 heteroatoms. The molecule has 1 N–H and O–H groups in total. The van der Waals surface area contributed by atoms with Gasteiger partial charge in [0.05, 0.1) is 29.2 Å². The number of carbonyl (C=O) groups is 1. The van der Waals surface area contributed by atoms with Crippen LogP contribution in [0.2, 0.25) is 0 Å². The number of amides is 1. The van der Waals surface area contributed by atoms with Crippen molar-refractivity contribution < 1.29 is 14.3 Å². The van der Waals surface area contributed by atoms with E-state index in [1.54, 1.807) is 19.2 Å². The van der Waals surface area contributed by atoms with Gasteiger partial charge in [-0.3, -0.25) is 9.59 Å². The molecule has 8 nitrogen and oxygen atoms in total. The standard InChI is InChI=1S/C21H24N4O4S/c1-13-5-7-17(18(11-13)28-4)29-12-19(26)22-9-10-25-20(27)8-6-16(24-25)21-14(2)23-15(3)30-21/h5-8,11H,9-10,12H2,1-4H3,(H,22,26). The highest BCUT2D eigenvalue weighted by Gasteiger charge is 2.11. The van der Waals surface area contributed by atoms with Gasteiger partial charge in [0.2, 0.25) is 0 Å². The molecule has 2 heterocycles. The Morgan fingerprint density at radius 2 is 1.97 bits per heavy atom. The smallest absolute Gasteiger partial charge is 0.266 e. The summed E-state index contributed by atoms with van der Waals surface area (Å²) >= 11 is 1.53. The fourth-order valence-corrected chi connectivity index (χ4v) is 3.77. The largest absolute Gasteiger partial charge is 0.493 e. The van der Waals surface area contributed by atoms with Crippen LogP contribution in [0.1, 0.15) is 16.3 Å². The minimum atomic E-state index is -0.296. The fraction of sp³-hybridized carbons (Fsp3) is 0.333. The van der Waals surface area contributed by atoms with Crippen LogP contribution in [0.5, 0.6) is 11.5 Å². The van der Waals surface area contributed by atoms with E-state index in [2.05, 4.69) is 15.4 Å². The quantitative estimate of drug-likeness (QED) is 0.592. The lowest BCUT2D eigenvalue weighted by Gasteiger charge is -2.12. The third-order valence-corrected chi connectivity index (χ3v) is 5.42. The van der Waals surface area contributed by atoms with Crippen molar-refractivity contribution in [2.45, 2.75) is 27.3 Å². The zero-order valence-corrected chi connectivity index (χ0v) is 18.2. The van der Waals surface area contributed by atoms with E-state index >= 15 is 0 Å². The minimum absolute atomic E-state index is 0.152. The molecule has 1 amide bonds. The van der Waals surface area contributed by atoms with Crippen molar-refractivity contribution in [1.29, 1.82) is 0 Å². The molecule has 0 aliphatic carbocycles. The van der Waals surface area contributed by atoms with Crippen LogP contribution >= 0.6 is 11.3 Å². The molecule has 0 spiro atoms. The van der Waals surface area contributed by atoms with Gasteiger partial charge in [-0.05, 0) is 44.5 Å². The Hall–Kier alpha value is -3.20. The molecular formula is C21H24N4O4S. The Balaban J connectivity index is 1.56. The molecule has 0 fully saturated rings. The summed E-state index contributed by atoms with van der Waals surface area (Å²) in [6.07, 6.45) is 0. The molecule has 0 aliphatic heterocycles. The first-order chi connectivity index (χ1) is 14.4. The first-order valence-electron chi connectivity index (χ1n) is 9.44. The lowest BCUT2D eigenvalue weighted by molar-refractivity contribution is -0.123. The van der Waals surface area contributed by atoms with Crippen LogP contribution in [0.4, 0.5) is 0 Å². The van der Waals surface area contributed by atoms with Gasteiger partial charge < -0.3 is 14.8 Å². The van der Waals surface area contributed by atoms with E-state index in [-0.39, 0.29) is 31.2 Å². The number of nitrogens with zero attached hydrogens (tertiary/aromatic N) is 3. The second kappa shape index (κ2) is 9.53. The summed E-state index contributed by atoms with van der Waals surface area (Å²) in [5, 5.41) is 8.10. The van der Waals surface area contributed by atoms with E-state index in [0.29, 0.717) is 17.2 Å². The highest BCUT2D eigenvalue weighted by Crippen LogP contribution is 2.28. The van der Waals surface area contributed by atoms with Crippen LogP contribution < -0.4 is 20.3 Å². The predicted molar refractivity (Wildman–Crippen MR) is 115 cm³/mol. The Morgan fingerprint density at radius 1 is 1.17 bits per heavy atom. The van der Waals surface area contributed by atoms with Crippen LogP contribution in [-0.4, -0.2) is 40.9 Å². The SMILES string of the molecule is COc1cc(C)ccc1OCC(=O)NCCn1nc(-c2sc(C)nc2C)ccc1=O. The third-order valence-electron chi connectivity index (χ3n) is 4.33. The van der Waals surface area contributed by atoms with Crippen LogP contribution in [0.15, 0.2) is 35.1 Å². The number of carbonyl (C=O) groups excluding carboxylic acids is 1. The number of aryl methyl sites for hydroxylation is 3. The maximum atomic E-state index is 12.1. The maximum Gasteiger partial charge on any atom is 0.266 e. The van der Waals surface area contributed by atoms with Crippen LogP contribution in [0, 0.1) is 20.8 Å². The lowest BCUT2D eigenvalue weighted by Crippen LogP contribution is -2.34.